The lowest BCUT2D eigenvalue weighted by atomic mass is 9.82. The molecule has 0 N–H and O–H groups in total. The van der Waals surface area contributed by atoms with Gasteiger partial charge in [0.1, 0.15) is 5.60 Å². The lowest BCUT2D eigenvalue weighted by Crippen LogP contribution is -2.38. The minimum Gasteiger partial charge on any atom is -0.358 e. The number of benzene rings is 2. The minimum atomic E-state index is -0.430. The Labute approximate surface area is 132 Å². The molecule has 2 aromatic carbocycles. The van der Waals surface area contributed by atoms with Crippen molar-refractivity contribution in [1.29, 1.82) is 0 Å². The van der Waals surface area contributed by atoms with Gasteiger partial charge in [-0.3, -0.25) is 0 Å². The summed E-state index contributed by atoms with van der Waals surface area (Å²) in [5.41, 5.74) is 3.30. The maximum Gasteiger partial charge on any atom is 0.137 e. The Morgan fingerprint density at radius 1 is 0.909 bits per heavy atom. The smallest absolute Gasteiger partial charge is 0.137 e. The molecule has 4 rings (SSSR count). The van der Waals surface area contributed by atoms with E-state index in [0.717, 1.165) is 0 Å². The van der Waals surface area contributed by atoms with Crippen LogP contribution in [-0.4, -0.2) is 6.10 Å². The highest BCUT2D eigenvalue weighted by Gasteiger charge is 2.42. The molecule has 1 saturated carbocycles. The SMILES string of the molecule is Cc1ccc(C2(c3ccccc3)C=CC3CCCC3O2)cc1. The lowest BCUT2D eigenvalue weighted by molar-refractivity contribution is -0.0622. The Balaban J connectivity index is 1.85. The number of hydrogen-bond acceptors (Lipinski definition) is 1. The van der Waals surface area contributed by atoms with Crippen molar-refractivity contribution in [3.63, 3.8) is 0 Å². The topological polar surface area (TPSA) is 9.23 Å². The van der Waals surface area contributed by atoms with E-state index in [4.69, 9.17) is 4.74 Å². The molecule has 0 aromatic heterocycles. The highest BCUT2D eigenvalue weighted by molar-refractivity contribution is 5.43. The summed E-state index contributed by atoms with van der Waals surface area (Å²) < 4.78 is 6.72. The van der Waals surface area contributed by atoms with Gasteiger partial charge in [0.25, 0.3) is 0 Å². The zero-order valence-electron chi connectivity index (χ0n) is 13.0. The van der Waals surface area contributed by atoms with Gasteiger partial charge in [-0.25, -0.2) is 0 Å². The van der Waals surface area contributed by atoms with Crippen molar-refractivity contribution in [2.24, 2.45) is 5.92 Å². The van der Waals surface area contributed by atoms with E-state index in [0.29, 0.717) is 12.0 Å². The predicted octanol–water partition coefficient (Wildman–Crippen LogP) is 4.99. The fourth-order valence-electron chi connectivity index (χ4n) is 3.84. The largest absolute Gasteiger partial charge is 0.358 e. The van der Waals surface area contributed by atoms with Crippen LogP contribution in [0.2, 0.25) is 0 Å². The summed E-state index contributed by atoms with van der Waals surface area (Å²) in [6.07, 6.45) is 8.76. The van der Waals surface area contributed by atoms with E-state index < -0.39 is 5.60 Å². The molecule has 112 valence electrons. The van der Waals surface area contributed by atoms with Crippen LogP contribution in [0.3, 0.4) is 0 Å². The number of aryl methyl sites for hydroxylation is 1. The third-order valence-corrected chi connectivity index (χ3v) is 5.10. The Bertz CT molecular complexity index is 671. The molecule has 1 fully saturated rings. The van der Waals surface area contributed by atoms with Gasteiger partial charge in [0, 0.05) is 5.92 Å². The summed E-state index contributed by atoms with van der Waals surface area (Å²) in [5.74, 6) is 0.599. The van der Waals surface area contributed by atoms with Crippen LogP contribution in [0.4, 0.5) is 0 Å². The highest BCUT2D eigenvalue weighted by Crippen LogP contribution is 2.45. The molecule has 0 saturated heterocycles. The second kappa shape index (κ2) is 5.40. The zero-order valence-corrected chi connectivity index (χ0v) is 13.0. The zero-order chi connectivity index (χ0) is 15.0. The summed E-state index contributed by atoms with van der Waals surface area (Å²) >= 11 is 0. The fourth-order valence-corrected chi connectivity index (χ4v) is 3.84. The summed E-state index contributed by atoms with van der Waals surface area (Å²) in [6.45, 7) is 2.13. The number of fused-ring (bicyclic) bond motifs is 1. The molecule has 1 nitrogen and oxygen atoms in total. The van der Waals surface area contributed by atoms with E-state index >= 15 is 0 Å². The van der Waals surface area contributed by atoms with Crippen molar-refractivity contribution in [3.05, 3.63) is 83.4 Å². The molecular weight excluding hydrogens is 268 g/mol. The Morgan fingerprint density at radius 2 is 1.64 bits per heavy atom. The number of hydrogen-bond donors (Lipinski definition) is 0. The van der Waals surface area contributed by atoms with Crippen LogP contribution in [-0.2, 0) is 10.3 Å². The molecule has 0 spiro atoms. The second-order valence-electron chi connectivity index (χ2n) is 6.58. The molecule has 2 aliphatic rings. The first-order valence-corrected chi connectivity index (χ1v) is 8.28. The Hall–Kier alpha value is -1.86. The first kappa shape index (κ1) is 13.8. The van der Waals surface area contributed by atoms with Crippen molar-refractivity contribution in [3.8, 4) is 0 Å². The lowest BCUT2D eigenvalue weighted by Gasteiger charge is -2.40. The van der Waals surface area contributed by atoms with E-state index in [9.17, 15) is 0 Å². The maximum atomic E-state index is 6.72. The van der Waals surface area contributed by atoms with Gasteiger partial charge >= 0.3 is 0 Å². The third kappa shape index (κ3) is 2.21. The van der Waals surface area contributed by atoms with Crippen molar-refractivity contribution in [2.75, 3.05) is 0 Å². The van der Waals surface area contributed by atoms with Crippen LogP contribution in [0.1, 0.15) is 36.0 Å². The van der Waals surface area contributed by atoms with E-state index in [2.05, 4.69) is 73.7 Å². The molecule has 2 aromatic rings. The first-order chi connectivity index (χ1) is 10.8. The summed E-state index contributed by atoms with van der Waals surface area (Å²) in [7, 11) is 0. The summed E-state index contributed by atoms with van der Waals surface area (Å²) in [4.78, 5) is 0. The molecule has 3 unspecified atom stereocenters. The van der Waals surface area contributed by atoms with E-state index in [1.54, 1.807) is 0 Å². The van der Waals surface area contributed by atoms with Gasteiger partial charge in [-0.2, -0.15) is 0 Å². The molecule has 22 heavy (non-hydrogen) atoms. The molecular formula is C21H22O. The van der Waals surface area contributed by atoms with E-state index in [-0.39, 0.29) is 0 Å². The van der Waals surface area contributed by atoms with E-state index in [1.807, 2.05) is 0 Å². The third-order valence-electron chi connectivity index (χ3n) is 5.10. The molecule has 1 aliphatic carbocycles. The Kier molecular flexibility index (Phi) is 3.38. The van der Waals surface area contributed by atoms with Crippen molar-refractivity contribution in [1.82, 2.24) is 0 Å². The van der Waals surface area contributed by atoms with Gasteiger partial charge in [0.15, 0.2) is 0 Å². The van der Waals surface area contributed by atoms with E-state index in [1.165, 1.54) is 36.0 Å². The van der Waals surface area contributed by atoms with Crippen molar-refractivity contribution in [2.45, 2.75) is 37.9 Å². The maximum absolute atomic E-state index is 6.72. The monoisotopic (exact) mass is 290 g/mol. The van der Waals surface area contributed by atoms with Crippen molar-refractivity contribution >= 4 is 0 Å². The normalized spacial score (nSPS) is 30.2. The fraction of sp³-hybridized carbons (Fsp3) is 0.333. The average Bonchev–Trinajstić information content (AvgIpc) is 3.03. The molecule has 0 radical (unpaired) electrons. The number of rotatable bonds is 2. The Morgan fingerprint density at radius 3 is 2.41 bits per heavy atom. The minimum absolute atomic E-state index is 0.353. The molecule has 1 heteroatoms. The van der Waals surface area contributed by atoms with Crippen LogP contribution in [0, 0.1) is 12.8 Å². The van der Waals surface area contributed by atoms with Gasteiger partial charge in [-0.05, 0) is 37.0 Å². The van der Waals surface area contributed by atoms with Gasteiger partial charge in [0.2, 0.25) is 0 Å². The quantitative estimate of drug-likeness (QED) is 0.708. The second-order valence-corrected chi connectivity index (χ2v) is 6.58. The summed E-state index contributed by atoms with van der Waals surface area (Å²) in [5, 5.41) is 0. The van der Waals surface area contributed by atoms with Gasteiger partial charge in [-0.15, -0.1) is 0 Å². The first-order valence-electron chi connectivity index (χ1n) is 8.28. The van der Waals surface area contributed by atoms with Crippen LogP contribution in [0.15, 0.2) is 66.7 Å². The molecule has 0 bridgehead atoms. The van der Waals surface area contributed by atoms with Gasteiger partial charge in [-0.1, -0.05) is 72.7 Å². The average molecular weight is 290 g/mol. The highest BCUT2D eigenvalue weighted by atomic mass is 16.5. The molecule has 1 heterocycles. The predicted molar refractivity (Wildman–Crippen MR) is 89.8 cm³/mol. The van der Waals surface area contributed by atoms with Crippen molar-refractivity contribution < 1.29 is 4.74 Å². The van der Waals surface area contributed by atoms with Crippen LogP contribution >= 0.6 is 0 Å². The number of ether oxygens (including phenoxy) is 1. The van der Waals surface area contributed by atoms with Crippen LogP contribution in [0.25, 0.3) is 0 Å². The van der Waals surface area contributed by atoms with Gasteiger partial charge in [0.05, 0.1) is 6.10 Å². The molecule has 3 atom stereocenters. The standard InChI is InChI=1S/C21H22O/c1-16-10-12-19(13-11-16)21(18-7-3-2-4-8-18)15-14-17-6-5-9-20(17)22-21/h2-4,7-8,10-15,17,20H,5-6,9H2,1H3. The molecule has 0 amide bonds. The molecule has 1 aliphatic heterocycles. The van der Waals surface area contributed by atoms with Crippen LogP contribution < -0.4 is 0 Å². The van der Waals surface area contributed by atoms with Crippen LogP contribution in [0.5, 0.6) is 0 Å². The van der Waals surface area contributed by atoms with Gasteiger partial charge < -0.3 is 4.74 Å². The summed E-state index contributed by atoms with van der Waals surface area (Å²) in [6, 6.07) is 19.4.